The highest BCUT2D eigenvalue weighted by Gasteiger charge is 2.62. The normalized spacial score (nSPS) is 28.7. The molecule has 0 saturated carbocycles. The Morgan fingerprint density at radius 2 is 0.426 bits per heavy atom. The van der Waals surface area contributed by atoms with Gasteiger partial charge in [0.2, 0.25) is 24.4 Å². The van der Waals surface area contributed by atoms with Gasteiger partial charge in [0.25, 0.3) is 0 Å². The minimum atomic E-state index is -6.32. The summed E-state index contributed by atoms with van der Waals surface area (Å²) in [6, 6.07) is 6.48. The molecule has 2 aromatic carbocycles. The van der Waals surface area contributed by atoms with E-state index in [1.165, 1.54) is 0 Å². The van der Waals surface area contributed by atoms with E-state index in [0.717, 1.165) is 48.5 Å². The number of rotatable bonds is 45. The highest BCUT2D eigenvalue weighted by Crippen LogP contribution is 2.41. The molecule has 82 heteroatoms. The van der Waals surface area contributed by atoms with E-state index in [-0.39, 0.29) is 11.4 Å². The van der Waals surface area contributed by atoms with Crippen molar-refractivity contribution < 1.29 is 288 Å². The molecule has 0 radical (unpaired) electrons. The molecule has 2 aromatic rings. The van der Waals surface area contributed by atoms with Crippen molar-refractivity contribution in [2.75, 3.05) is 37.1 Å². The predicted molar refractivity (Wildman–Crippen MR) is 359 cm³/mol. The van der Waals surface area contributed by atoms with E-state index in [9.17, 15) is 191 Å². The summed E-state index contributed by atoms with van der Waals surface area (Å²) >= 11 is 0. The molecule has 0 bridgehead atoms. The SMILES string of the molecule is O=C(CCC(=O)Nc1ccc(O[C@@H]2O[C@H](COS(=O)(=O)O)[C@@H](O[C@@H]3O[C@H](COS(=O)(=O)O)[C@@H](OS(=O)(=O)O)[C@H](OS(=O)(=O)O)[C@H]3OS(=O)(=O)O)[C@H](OS(=O)(=O)O)[C@H]2OS(=O)(=O)O)cc1)Nc1ccc(O[C@@H]2O[C@H](COS(=O)(=O)O)[C@@H](O[C@@H]3O[C@H](COS(=O)(=O)O)[C@@H](OS(=O)(=O)O)[C@H](OS(=O)(=O)O)[C@H]3OS(=O)(=O)O)[C@H](OS(=O)(=O)O)[C@H]2OS(=O)(=O)O)cc1. The Morgan fingerprint density at radius 3 is 0.639 bits per heavy atom. The second-order valence-corrected chi connectivity index (χ2v) is 37.8. The van der Waals surface area contributed by atoms with E-state index in [4.69, 9.17) is 37.9 Å². The summed E-state index contributed by atoms with van der Waals surface area (Å²) in [5, 5.41) is 4.45. The zero-order valence-electron chi connectivity index (χ0n) is 57.6. The van der Waals surface area contributed by atoms with Crippen molar-refractivity contribution in [2.24, 2.45) is 0 Å². The van der Waals surface area contributed by atoms with Crippen molar-refractivity contribution in [3.05, 3.63) is 48.5 Å². The van der Waals surface area contributed by atoms with Crippen LogP contribution in [0.15, 0.2) is 48.5 Å². The molecule has 2 amide bonds. The number of nitrogens with one attached hydrogen (secondary N) is 2. The maximum absolute atomic E-state index is 13.2. The molecular formula is C40H56N2O66S14. The van der Waals surface area contributed by atoms with Crippen LogP contribution in [0.3, 0.4) is 0 Å². The van der Waals surface area contributed by atoms with E-state index >= 15 is 0 Å². The van der Waals surface area contributed by atoms with Gasteiger partial charge in [-0.15, -0.1) is 0 Å². The summed E-state index contributed by atoms with van der Waals surface area (Å²) in [4.78, 5) is 26.3. The van der Waals surface area contributed by atoms with Gasteiger partial charge in [0.15, 0.2) is 37.0 Å². The summed E-state index contributed by atoms with van der Waals surface area (Å²) in [6.07, 6.45) is -65.5. The molecule has 68 nitrogen and oxygen atoms in total. The fourth-order valence-electron chi connectivity index (χ4n) is 10.4. The van der Waals surface area contributed by atoms with Crippen LogP contribution >= 0.6 is 0 Å². The molecule has 0 aromatic heterocycles. The number of benzene rings is 2. The van der Waals surface area contributed by atoms with Gasteiger partial charge in [-0.1, -0.05) is 0 Å². The fraction of sp³-hybridized carbons (Fsp3) is 0.650. The third-order valence-corrected chi connectivity index (χ3v) is 20.5. The standard InChI is InChI=1S/C40H56N2O66S14/c43-23(41-15-1-5-17(6-2-15)91-37-33(105-119(75,76)77)29(101-115(63,64)65)25(19(93-37)11-87-109(45,46)47)97-39-35(107-121(81,82)83)31(103-117(69,70)71)27(99-113(57,58)59)21(95-39)13-89-111(51,52)53)9-10-24(44)42-16-3-7-18(8-4-16)92-38-34(106-120(78,79)80)30(102-116(66,67)68)26(20(94-38)12-88-110(48,49)50)98-40-36(108-122(84,85)86)32(104-118(72,73)74)28(100-114(60,61)62)22(96-40)14-90-112(54,55)56/h1-8,19-22,25-40H,9-14H2,(H,41,43)(H,42,44)(H,45,46,47)(H,48,49,50)(H,51,52,53)(H,54,55,56)(H,57,58,59)(H,60,61,62)(H,63,64,65)(H,66,67,68)(H,69,70,71)(H,72,73,74)(H,75,76,77)(H,78,79,80)(H,81,82,83)(H,84,85,86)/t19-,20-,21-,22-,25-,26-,27-,28-,29+,30+,31+,32+,33-,34-,35-,36-,37-,38-,39+,40+/m1/s1. The predicted octanol–water partition coefficient (Wildman–Crippen LogP) is -9.37. The number of amides is 2. The van der Waals surface area contributed by atoms with Crippen molar-refractivity contribution in [3.8, 4) is 11.5 Å². The van der Waals surface area contributed by atoms with E-state index in [0.29, 0.717) is 0 Å². The molecule has 4 saturated heterocycles. The minimum Gasteiger partial charge on any atom is -0.462 e. The Kier molecular flexibility index (Phi) is 34.9. The van der Waals surface area contributed by atoms with Gasteiger partial charge in [-0.25, -0.2) is 58.6 Å². The van der Waals surface area contributed by atoms with Crippen LogP contribution in [0.5, 0.6) is 11.5 Å². The van der Waals surface area contributed by atoms with E-state index in [2.05, 4.69) is 69.2 Å². The van der Waals surface area contributed by atoms with Gasteiger partial charge in [-0.05, 0) is 48.5 Å². The van der Waals surface area contributed by atoms with Crippen molar-refractivity contribution in [2.45, 2.75) is 136 Å². The third kappa shape index (κ3) is 38.1. The molecule has 122 heavy (non-hydrogen) atoms. The largest absolute Gasteiger partial charge is 0.462 e. The Hall–Kier alpha value is -5.08. The Morgan fingerprint density at radius 1 is 0.246 bits per heavy atom. The molecule has 4 aliphatic heterocycles. The summed E-state index contributed by atoms with van der Waals surface area (Å²) in [7, 11) is -86.0. The summed E-state index contributed by atoms with van der Waals surface area (Å²) < 4.78 is 577. The van der Waals surface area contributed by atoms with Crippen LogP contribution in [0.1, 0.15) is 12.8 Å². The Balaban J connectivity index is 1.26. The number of hydrogen-bond donors (Lipinski definition) is 16. The van der Waals surface area contributed by atoms with E-state index in [1.807, 2.05) is 0 Å². The van der Waals surface area contributed by atoms with Gasteiger partial charge in [0.1, 0.15) is 84.7 Å². The first kappa shape index (κ1) is 106. The second-order valence-electron chi connectivity index (χ2n) is 23.0. The fourth-order valence-corrected chi connectivity index (χ4v) is 16.5. The lowest BCUT2D eigenvalue weighted by atomic mass is 9.97. The van der Waals surface area contributed by atoms with Crippen molar-refractivity contribution >= 4 is 169 Å². The van der Waals surface area contributed by atoms with Gasteiger partial charge in [-0.2, -0.15) is 118 Å². The first-order chi connectivity index (χ1) is 54.9. The van der Waals surface area contributed by atoms with Crippen LogP contribution in [-0.4, -0.2) is 343 Å². The monoisotopic (exact) mass is 2070 g/mol. The molecule has 20 atom stereocenters. The average Bonchev–Trinajstić information content (AvgIpc) is 0.758. The molecule has 0 spiro atoms. The molecule has 4 fully saturated rings. The van der Waals surface area contributed by atoms with Gasteiger partial charge >= 0.3 is 146 Å². The molecule has 0 unspecified atom stereocenters. The quantitative estimate of drug-likeness (QED) is 0.0274. The number of hydrogen-bond acceptors (Lipinski definition) is 52. The van der Waals surface area contributed by atoms with Crippen molar-refractivity contribution in [3.63, 3.8) is 0 Å². The van der Waals surface area contributed by atoms with Crippen molar-refractivity contribution in [1.82, 2.24) is 0 Å². The van der Waals surface area contributed by atoms with Crippen molar-refractivity contribution in [1.29, 1.82) is 0 Å². The first-order valence-corrected chi connectivity index (χ1v) is 49.1. The van der Waals surface area contributed by atoms with Gasteiger partial charge in [-0.3, -0.25) is 73.3 Å². The molecular weight excluding hydrogens is 2010 g/mol. The van der Waals surface area contributed by atoms with Crippen LogP contribution < -0.4 is 20.1 Å². The van der Waals surface area contributed by atoms with Crippen LogP contribution in [0.2, 0.25) is 0 Å². The van der Waals surface area contributed by atoms with Gasteiger partial charge < -0.3 is 48.5 Å². The molecule has 4 heterocycles. The zero-order chi connectivity index (χ0) is 92.9. The van der Waals surface area contributed by atoms with Gasteiger partial charge in [0.05, 0.1) is 26.4 Å². The number of ether oxygens (including phenoxy) is 8. The van der Waals surface area contributed by atoms with Crippen LogP contribution in [0, 0.1) is 0 Å². The molecule has 16 N–H and O–H groups in total. The lowest BCUT2D eigenvalue weighted by molar-refractivity contribution is -0.340. The van der Waals surface area contributed by atoms with Gasteiger partial charge in [0, 0.05) is 24.2 Å². The third-order valence-electron chi connectivity index (χ3n) is 14.2. The maximum atomic E-state index is 13.2. The smallest absolute Gasteiger partial charge is 0.397 e. The average molecular weight is 2070 g/mol. The number of carbonyl (C=O) groups is 2. The highest BCUT2D eigenvalue weighted by atomic mass is 32.3. The lowest BCUT2D eigenvalue weighted by Gasteiger charge is -2.48. The Labute approximate surface area is 684 Å². The second kappa shape index (κ2) is 40.3. The molecule has 6 rings (SSSR count). The lowest BCUT2D eigenvalue weighted by Crippen LogP contribution is -2.67. The minimum absolute atomic E-state index is 0.310. The first-order valence-electron chi connectivity index (χ1n) is 30.0. The summed E-state index contributed by atoms with van der Waals surface area (Å²) in [5.41, 5.74) is -0.619. The van der Waals surface area contributed by atoms with E-state index in [1.54, 1.807) is 0 Å². The number of anilines is 2. The van der Waals surface area contributed by atoms with Crippen LogP contribution in [0.4, 0.5) is 11.4 Å². The maximum Gasteiger partial charge on any atom is 0.397 e. The van der Waals surface area contributed by atoms with Crippen LogP contribution in [0.25, 0.3) is 0 Å². The zero-order valence-corrected chi connectivity index (χ0v) is 69.0. The number of carbonyl (C=O) groups excluding carboxylic acids is 2. The van der Waals surface area contributed by atoms with E-state index < -0.39 is 331 Å². The molecule has 706 valence electrons. The molecule has 0 aliphatic carbocycles. The topological polar surface area (TPSA) is 1020 Å². The van der Waals surface area contributed by atoms with Crippen LogP contribution in [-0.2, 0) is 242 Å². The highest BCUT2D eigenvalue weighted by molar-refractivity contribution is 7.84. The summed E-state index contributed by atoms with van der Waals surface area (Å²) in [6.45, 7) is -7.86. The Bertz CT molecular complexity index is 5410. The summed E-state index contributed by atoms with van der Waals surface area (Å²) in [5.74, 6) is -3.63. The molecule has 4 aliphatic rings.